The topological polar surface area (TPSA) is 87.2 Å². The van der Waals surface area contributed by atoms with E-state index >= 15 is 0 Å². The Kier molecular flexibility index (Phi) is 5.28. The number of aryl methyl sites for hydroxylation is 1. The van der Waals surface area contributed by atoms with Gasteiger partial charge in [-0.15, -0.1) is 0 Å². The second-order valence-electron chi connectivity index (χ2n) is 6.10. The van der Waals surface area contributed by atoms with Gasteiger partial charge in [-0.3, -0.25) is 14.5 Å². The maximum absolute atomic E-state index is 13.3. The summed E-state index contributed by atoms with van der Waals surface area (Å²) in [6.07, 6.45) is 0.433. The fourth-order valence-electron chi connectivity index (χ4n) is 2.76. The Bertz CT molecular complexity index is 962. The summed E-state index contributed by atoms with van der Waals surface area (Å²) in [6, 6.07) is 14.9. The van der Waals surface area contributed by atoms with E-state index in [-0.39, 0.29) is 16.5 Å². The van der Waals surface area contributed by atoms with Gasteiger partial charge in [-0.25, -0.2) is 4.39 Å². The number of nitrogens with two attached hydrogens (primary N) is 1. The van der Waals surface area contributed by atoms with E-state index in [0.29, 0.717) is 12.1 Å². The molecule has 0 saturated carbocycles. The van der Waals surface area contributed by atoms with Crippen molar-refractivity contribution < 1.29 is 14.0 Å². The number of anilines is 1. The smallest absolute Gasteiger partial charge is 0.262 e. The van der Waals surface area contributed by atoms with Crippen molar-refractivity contribution in [2.24, 2.45) is 5.73 Å². The van der Waals surface area contributed by atoms with Gasteiger partial charge in [0.2, 0.25) is 5.91 Å². The van der Waals surface area contributed by atoms with E-state index in [2.05, 4.69) is 0 Å². The number of carbonyl (C=O) groups is 2. The molecule has 5 nitrogen and oxygen atoms in total. The second-order valence-corrected chi connectivity index (χ2v) is 7.29. The number of amides is 2. The summed E-state index contributed by atoms with van der Waals surface area (Å²) in [7, 11) is 0. The highest BCUT2D eigenvalue weighted by atomic mass is 32.2. The number of hydrogen-bond acceptors (Lipinski definition) is 4. The van der Waals surface area contributed by atoms with E-state index in [4.69, 9.17) is 5.73 Å². The van der Waals surface area contributed by atoms with Crippen molar-refractivity contribution in [3.05, 3.63) is 76.1 Å². The molecule has 3 rings (SSSR count). The monoisotopic (exact) mass is 381 g/mol. The van der Waals surface area contributed by atoms with Crippen molar-refractivity contribution in [2.75, 3.05) is 4.90 Å². The minimum absolute atomic E-state index is 0.179. The van der Waals surface area contributed by atoms with Crippen molar-refractivity contribution in [3.8, 4) is 6.07 Å². The molecule has 1 aliphatic heterocycles. The van der Waals surface area contributed by atoms with Crippen LogP contribution < -0.4 is 10.6 Å². The summed E-state index contributed by atoms with van der Waals surface area (Å²) in [5.74, 6) is -1.64. The minimum Gasteiger partial charge on any atom is -0.365 e. The van der Waals surface area contributed by atoms with Crippen molar-refractivity contribution in [3.63, 3.8) is 0 Å². The van der Waals surface area contributed by atoms with E-state index in [1.807, 2.05) is 31.2 Å². The predicted molar refractivity (Wildman–Crippen MR) is 102 cm³/mol. The largest absolute Gasteiger partial charge is 0.365 e. The zero-order valence-electron chi connectivity index (χ0n) is 14.5. The van der Waals surface area contributed by atoms with E-state index < -0.39 is 17.0 Å². The van der Waals surface area contributed by atoms with Crippen LogP contribution in [-0.2, 0) is 16.0 Å². The first-order valence-corrected chi connectivity index (χ1v) is 9.04. The highest BCUT2D eigenvalue weighted by Gasteiger charge is 2.40. The molecule has 2 amide bonds. The number of nitrogens with zero attached hydrogens (tertiary/aromatic N) is 2. The molecule has 1 heterocycles. The van der Waals surface area contributed by atoms with Gasteiger partial charge < -0.3 is 5.73 Å². The number of rotatable bonds is 4. The molecule has 1 saturated heterocycles. The number of thioether (sulfide) groups is 1. The van der Waals surface area contributed by atoms with Gasteiger partial charge in [0.05, 0.1) is 5.25 Å². The van der Waals surface area contributed by atoms with Crippen LogP contribution in [0.2, 0.25) is 0 Å². The van der Waals surface area contributed by atoms with Crippen LogP contribution in [0.25, 0.3) is 0 Å². The van der Waals surface area contributed by atoms with Crippen molar-refractivity contribution in [1.82, 2.24) is 0 Å². The Morgan fingerprint density at radius 2 is 1.85 bits per heavy atom. The number of halogens is 1. The first-order valence-electron chi connectivity index (χ1n) is 8.16. The third kappa shape index (κ3) is 3.86. The Morgan fingerprint density at radius 1 is 1.22 bits per heavy atom. The van der Waals surface area contributed by atoms with Crippen molar-refractivity contribution >= 4 is 29.3 Å². The van der Waals surface area contributed by atoms with E-state index in [9.17, 15) is 19.2 Å². The normalized spacial score (nSPS) is 18.3. The summed E-state index contributed by atoms with van der Waals surface area (Å²) in [5.41, 5.74) is 7.48. The lowest BCUT2D eigenvalue weighted by Gasteiger charge is -2.18. The number of benzene rings is 2. The second kappa shape index (κ2) is 7.64. The lowest BCUT2D eigenvalue weighted by molar-refractivity contribution is -0.117. The number of carbonyl (C=O) groups excluding carboxylic acids is 2. The fraction of sp³-hybridized carbons (Fsp3) is 0.150. The Hall–Kier alpha value is -3.11. The molecule has 2 N–H and O–H groups in total. The van der Waals surface area contributed by atoms with Crippen LogP contribution in [0.5, 0.6) is 0 Å². The molecule has 0 unspecified atom stereocenters. The molecule has 1 atom stereocenters. The molecule has 7 heteroatoms. The molecular weight excluding hydrogens is 365 g/mol. The van der Waals surface area contributed by atoms with E-state index in [1.54, 1.807) is 6.07 Å². The molecule has 0 aromatic heterocycles. The highest BCUT2D eigenvalue weighted by molar-refractivity contribution is 8.05. The molecule has 0 aliphatic carbocycles. The third-order valence-corrected chi connectivity index (χ3v) is 5.41. The Labute approximate surface area is 160 Å². The SMILES string of the molecule is Cc1ccc(C[C@@H]2S/C(=C(/C#N)C(N)=O)N(c3ccc(F)cc3)C2=O)cc1. The molecule has 2 aromatic rings. The summed E-state index contributed by atoms with van der Waals surface area (Å²) in [6.45, 7) is 1.97. The summed E-state index contributed by atoms with van der Waals surface area (Å²) in [4.78, 5) is 26.0. The van der Waals surface area contributed by atoms with Gasteiger partial charge in [-0.1, -0.05) is 41.6 Å². The molecule has 136 valence electrons. The molecule has 1 aliphatic rings. The molecule has 0 spiro atoms. The van der Waals surface area contributed by atoms with Gasteiger partial charge >= 0.3 is 0 Å². The Morgan fingerprint density at radius 3 is 2.41 bits per heavy atom. The zero-order chi connectivity index (χ0) is 19.6. The standard InChI is InChI=1S/C20H16FN3O2S/c1-12-2-4-13(5-3-12)10-17-19(26)24(15-8-6-14(21)7-9-15)20(27-17)16(11-22)18(23)25/h2-9,17H,10H2,1H3,(H2,23,25)/b20-16-/t17-/m0/s1. The zero-order valence-corrected chi connectivity index (χ0v) is 15.3. The molecule has 1 fully saturated rings. The van der Waals surface area contributed by atoms with Gasteiger partial charge in [0.15, 0.2) is 0 Å². The molecule has 0 bridgehead atoms. The van der Waals surface area contributed by atoms with Gasteiger partial charge in [-0.05, 0) is 43.2 Å². The maximum Gasteiger partial charge on any atom is 0.262 e. The number of nitriles is 1. The van der Waals surface area contributed by atoms with Gasteiger partial charge in [0.1, 0.15) is 22.5 Å². The summed E-state index contributed by atoms with van der Waals surface area (Å²) in [5, 5.41) is 9.00. The molecule has 0 radical (unpaired) electrons. The quantitative estimate of drug-likeness (QED) is 0.651. The van der Waals surface area contributed by atoms with Crippen LogP contribution in [0.1, 0.15) is 11.1 Å². The lowest BCUT2D eigenvalue weighted by Crippen LogP contribution is -2.31. The first kappa shape index (κ1) is 18.7. The Balaban J connectivity index is 2.01. The van der Waals surface area contributed by atoms with Crippen LogP contribution >= 0.6 is 11.8 Å². The van der Waals surface area contributed by atoms with Gasteiger partial charge in [-0.2, -0.15) is 5.26 Å². The number of primary amides is 1. The van der Waals surface area contributed by atoms with Gasteiger partial charge in [0, 0.05) is 5.69 Å². The third-order valence-electron chi connectivity index (χ3n) is 4.15. The summed E-state index contributed by atoms with van der Waals surface area (Å²) >= 11 is 1.12. The van der Waals surface area contributed by atoms with E-state index in [1.165, 1.54) is 29.2 Å². The average Bonchev–Trinajstić information content (AvgIpc) is 2.94. The lowest BCUT2D eigenvalue weighted by atomic mass is 10.1. The maximum atomic E-state index is 13.3. The fourth-order valence-corrected chi connectivity index (χ4v) is 4.08. The van der Waals surface area contributed by atoms with Crippen molar-refractivity contribution in [2.45, 2.75) is 18.6 Å². The minimum atomic E-state index is -0.907. The van der Waals surface area contributed by atoms with Crippen LogP contribution in [0.4, 0.5) is 10.1 Å². The van der Waals surface area contributed by atoms with E-state index in [0.717, 1.165) is 22.9 Å². The van der Waals surface area contributed by atoms with Crippen LogP contribution in [0, 0.1) is 24.1 Å². The first-order chi connectivity index (χ1) is 12.9. The van der Waals surface area contributed by atoms with Gasteiger partial charge in [0.25, 0.3) is 5.91 Å². The molecular formula is C20H16FN3O2S. The summed E-state index contributed by atoms with van der Waals surface area (Å²) < 4.78 is 13.3. The van der Waals surface area contributed by atoms with Crippen LogP contribution in [0.3, 0.4) is 0 Å². The average molecular weight is 381 g/mol. The van der Waals surface area contributed by atoms with Crippen molar-refractivity contribution in [1.29, 1.82) is 5.26 Å². The molecule has 27 heavy (non-hydrogen) atoms. The molecule has 2 aromatic carbocycles. The highest BCUT2D eigenvalue weighted by Crippen LogP contribution is 2.41. The predicted octanol–water partition coefficient (Wildman–Crippen LogP) is 3.05. The number of hydrogen-bond donors (Lipinski definition) is 1. The van der Waals surface area contributed by atoms with Crippen LogP contribution in [0.15, 0.2) is 59.1 Å². The van der Waals surface area contributed by atoms with Crippen LogP contribution in [-0.4, -0.2) is 17.1 Å².